The number of piperidine rings is 1. The number of carbonyl (C=O) groups is 1. The quantitative estimate of drug-likeness (QED) is 0.662. The minimum Gasteiger partial charge on any atom is -0.335 e. The first-order valence-corrected chi connectivity index (χ1v) is 6.53. The first-order chi connectivity index (χ1) is 7.75. The Balaban J connectivity index is 1.72. The highest BCUT2D eigenvalue weighted by molar-refractivity contribution is 5.74. The van der Waals surface area contributed by atoms with Crippen molar-refractivity contribution >= 4 is 6.03 Å². The number of carbonyl (C=O) groups excluding carboxylic acids is 1. The van der Waals surface area contributed by atoms with E-state index in [1.54, 1.807) is 0 Å². The third-order valence-corrected chi connectivity index (χ3v) is 3.79. The van der Waals surface area contributed by atoms with E-state index in [2.05, 4.69) is 22.9 Å². The predicted octanol–water partition coefficient (Wildman–Crippen LogP) is 1.23. The Hall–Kier alpha value is -0.770. The van der Waals surface area contributed by atoms with Crippen LogP contribution >= 0.6 is 0 Å². The zero-order chi connectivity index (χ0) is 11.4. The van der Waals surface area contributed by atoms with Crippen LogP contribution in [-0.4, -0.2) is 31.2 Å². The normalized spacial score (nSPS) is 31.3. The lowest BCUT2D eigenvalue weighted by Crippen LogP contribution is -2.52. The van der Waals surface area contributed by atoms with E-state index in [1.807, 2.05) is 0 Å². The number of hydrogen-bond donors (Lipinski definition) is 3. The van der Waals surface area contributed by atoms with Gasteiger partial charge in [0.25, 0.3) is 0 Å². The highest BCUT2D eigenvalue weighted by Crippen LogP contribution is 2.17. The molecule has 1 saturated heterocycles. The van der Waals surface area contributed by atoms with Gasteiger partial charge in [-0.25, -0.2) is 4.79 Å². The van der Waals surface area contributed by atoms with Crippen LogP contribution in [0.25, 0.3) is 0 Å². The fourth-order valence-electron chi connectivity index (χ4n) is 2.69. The largest absolute Gasteiger partial charge is 0.335 e. The number of amides is 2. The van der Waals surface area contributed by atoms with Crippen molar-refractivity contribution in [2.45, 2.75) is 51.1 Å². The molecule has 2 fully saturated rings. The van der Waals surface area contributed by atoms with Crippen molar-refractivity contribution in [1.82, 2.24) is 16.0 Å². The van der Waals surface area contributed by atoms with Crippen LogP contribution in [-0.2, 0) is 0 Å². The SMILES string of the molecule is CC1CNCCC1NC(=O)NC1CCCC1. The summed E-state index contributed by atoms with van der Waals surface area (Å²) in [6, 6.07) is 0.783. The first kappa shape index (κ1) is 11.7. The van der Waals surface area contributed by atoms with Crippen LogP contribution < -0.4 is 16.0 Å². The second kappa shape index (κ2) is 5.53. The molecule has 1 heterocycles. The van der Waals surface area contributed by atoms with Gasteiger partial charge in [-0.1, -0.05) is 19.8 Å². The maximum Gasteiger partial charge on any atom is 0.315 e. The van der Waals surface area contributed by atoms with Gasteiger partial charge in [-0.3, -0.25) is 0 Å². The molecule has 0 aromatic rings. The van der Waals surface area contributed by atoms with E-state index in [1.165, 1.54) is 12.8 Å². The summed E-state index contributed by atoms with van der Waals surface area (Å²) in [4.78, 5) is 11.8. The molecule has 2 atom stereocenters. The molecule has 0 aromatic carbocycles. The molecule has 0 spiro atoms. The standard InChI is InChI=1S/C12H23N3O/c1-9-8-13-7-6-11(9)15-12(16)14-10-4-2-3-5-10/h9-11,13H,2-8H2,1H3,(H2,14,15,16). The van der Waals surface area contributed by atoms with Crippen molar-refractivity contribution in [3.8, 4) is 0 Å². The van der Waals surface area contributed by atoms with E-state index < -0.39 is 0 Å². The summed E-state index contributed by atoms with van der Waals surface area (Å²) in [6.45, 7) is 4.21. The van der Waals surface area contributed by atoms with Crippen molar-refractivity contribution in [2.75, 3.05) is 13.1 Å². The molecule has 2 amide bonds. The third kappa shape index (κ3) is 3.11. The fourth-order valence-corrected chi connectivity index (χ4v) is 2.69. The number of urea groups is 1. The Bertz CT molecular complexity index is 238. The van der Waals surface area contributed by atoms with Gasteiger partial charge in [0.2, 0.25) is 0 Å². The van der Waals surface area contributed by atoms with E-state index >= 15 is 0 Å². The van der Waals surface area contributed by atoms with Crippen molar-refractivity contribution in [3.63, 3.8) is 0 Å². The summed E-state index contributed by atoms with van der Waals surface area (Å²) >= 11 is 0. The molecule has 92 valence electrons. The molecule has 1 aliphatic carbocycles. The average molecular weight is 225 g/mol. The van der Waals surface area contributed by atoms with Crippen LogP contribution in [0, 0.1) is 5.92 Å². The molecule has 16 heavy (non-hydrogen) atoms. The highest BCUT2D eigenvalue weighted by atomic mass is 16.2. The summed E-state index contributed by atoms with van der Waals surface area (Å²) in [6.07, 6.45) is 5.85. The maximum atomic E-state index is 11.8. The molecule has 0 bridgehead atoms. The van der Waals surface area contributed by atoms with Gasteiger partial charge < -0.3 is 16.0 Å². The lowest BCUT2D eigenvalue weighted by Gasteiger charge is -2.30. The van der Waals surface area contributed by atoms with Crippen molar-refractivity contribution in [3.05, 3.63) is 0 Å². The van der Waals surface area contributed by atoms with Crippen molar-refractivity contribution < 1.29 is 4.79 Å². The van der Waals surface area contributed by atoms with Gasteiger partial charge in [-0.2, -0.15) is 0 Å². The predicted molar refractivity (Wildman–Crippen MR) is 64.4 cm³/mol. The third-order valence-electron chi connectivity index (χ3n) is 3.79. The molecular formula is C12H23N3O. The monoisotopic (exact) mass is 225 g/mol. The van der Waals surface area contributed by atoms with Gasteiger partial charge >= 0.3 is 6.03 Å². The first-order valence-electron chi connectivity index (χ1n) is 6.53. The van der Waals surface area contributed by atoms with Gasteiger partial charge in [0.15, 0.2) is 0 Å². The van der Waals surface area contributed by atoms with E-state index in [9.17, 15) is 4.79 Å². The molecule has 3 N–H and O–H groups in total. The minimum absolute atomic E-state index is 0.0330. The average Bonchev–Trinajstić information content (AvgIpc) is 2.74. The molecule has 1 aliphatic heterocycles. The van der Waals surface area contributed by atoms with E-state index in [-0.39, 0.29) is 6.03 Å². The second-order valence-electron chi connectivity index (χ2n) is 5.18. The van der Waals surface area contributed by atoms with Crippen molar-refractivity contribution in [2.24, 2.45) is 5.92 Å². The summed E-state index contributed by atoms with van der Waals surface area (Å²) in [5, 5.41) is 9.52. The zero-order valence-electron chi connectivity index (χ0n) is 10.1. The molecular weight excluding hydrogens is 202 g/mol. The lowest BCUT2D eigenvalue weighted by atomic mass is 9.95. The minimum atomic E-state index is 0.0330. The van der Waals surface area contributed by atoms with Crippen LogP contribution in [0.4, 0.5) is 4.79 Å². The van der Waals surface area contributed by atoms with Gasteiger partial charge in [0.1, 0.15) is 0 Å². The fraction of sp³-hybridized carbons (Fsp3) is 0.917. The molecule has 2 unspecified atom stereocenters. The zero-order valence-corrected chi connectivity index (χ0v) is 10.1. The summed E-state index contributed by atoms with van der Waals surface area (Å²) in [7, 11) is 0. The Morgan fingerprint density at radius 3 is 2.62 bits per heavy atom. The van der Waals surface area contributed by atoms with Gasteiger partial charge in [-0.05, 0) is 38.3 Å². The molecule has 4 heteroatoms. The van der Waals surface area contributed by atoms with Crippen LogP contribution in [0.1, 0.15) is 39.0 Å². The molecule has 4 nitrogen and oxygen atoms in total. The Kier molecular flexibility index (Phi) is 4.04. The van der Waals surface area contributed by atoms with Crippen LogP contribution in [0.2, 0.25) is 0 Å². The molecule has 1 saturated carbocycles. The number of hydrogen-bond acceptors (Lipinski definition) is 2. The topological polar surface area (TPSA) is 53.2 Å². The summed E-state index contributed by atoms with van der Waals surface area (Å²) in [5.74, 6) is 0.531. The summed E-state index contributed by atoms with van der Waals surface area (Å²) in [5.41, 5.74) is 0. The van der Waals surface area contributed by atoms with Crippen molar-refractivity contribution in [1.29, 1.82) is 0 Å². The second-order valence-corrected chi connectivity index (χ2v) is 5.18. The molecule has 0 aromatic heterocycles. The van der Waals surface area contributed by atoms with E-state index in [0.717, 1.165) is 32.4 Å². The Labute approximate surface area is 97.6 Å². The number of rotatable bonds is 2. The molecule has 0 radical (unpaired) electrons. The molecule has 2 rings (SSSR count). The smallest absolute Gasteiger partial charge is 0.315 e. The van der Waals surface area contributed by atoms with E-state index in [4.69, 9.17) is 0 Å². The number of nitrogens with one attached hydrogen (secondary N) is 3. The molecule has 2 aliphatic rings. The van der Waals surface area contributed by atoms with Gasteiger partial charge in [0.05, 0.1) is 0 Å². The lowest BCUT2D eigenvalue weighted by molar-refractivity contribution is 0.221. The van der Waals surface area contributed by atoms with Gasteiger partial charge in [0, 0.05) is 12.1 Å². The van der Waals surface area contributed by atoms with E-state index in [0.29, 0.717) is 18.0 Å². The Morgan fingerprint density at radius 2 is 1.94 bits per heavy atom. The highest BCUT2D eigenvalue weighted by Gasteiger charge is 2.24. The maximum absolute atomic E-state index is 11.8. The van der Waals surface area contributed by atoms with Crippen LogP contribution in [0.5, 0.6) is 0 Å². The Morgan fingerprint density at radius 1 is 1.19 bits per heavy atom. The van der Waals surface area contributed by atoms with Crippen LogP contribution in [0.3, 0.4) is 0 Å². The van der Waals surface area contributed by atoms with Gasteiger partial charge in [-0.15, -0.1) is 0 Å². The van der Waals surface area contributed by atoms with Crippen LogP contribution in [0.15, 0.2) is 0 Å². The summed E-state index contributed by atoms with van der Waals surface area (Å²) < 4.78 is 0.